The lowest BCUT2D eigenvalue weighted by Crippen LogP contribution is -2.10. The van der Waals surface area contributed by atoms with E-state index < -0.39 is 5.82 Å². The third-order valence-corrected chi connectivity index (χ3v) is 2.77. The molecule has 0 unspecified atom stereocenters. The predicted molar refractivity (Wildman–Crippen MR) is 67.2 cm³/mol. The van der Waals surface area contributed by atoms with Gasteiger partial charge in [-0.3, -0.25) is 0 Å². The normalized spacial score (nSPS) is 13.0. The van der Waals surface area contributed by atoms with E-state index in [2.05, 4.69) is 26.1 Å². The SMILES string of the molecule is Fc1cnc(Cl)nc1Nc1ccc2c(c1)CNN2. The summed E-state index contributed by atoms with van der Waals surface area (Å²) in [6, 6.07) is 5.64. The second-order valence-electron chi connectivity index (χ2n) is 3.81. The van der Waals surface area contributed by atoms with Crippen LogP contribution in [-0.2, 0) is 6.54 Å². The average molecular weight is 266 g/mol. The fourth-order valence-corrected chi connectivity index (χ4v) is 1.88. The highest BCUT2D eigenvalue weighted by Crippen LogP contribution is 2.25. The van der Waals surface area contributed by atoms with Gasteiger partial charge >= 0.3 is 0 Å². The summed E-state index contributed by atoms with van der Waals surface area (Å²) in [5.74, 6) is -0.481. The number of rotatable bonds is 2. The van der Waals surface area contributed by atoms with Crippen molar-refractivity contribution >= 4 is 28.8 Å². The summed E-state index contributed by atoms with van der Waals surface area (Å²) >= 11 is 5.63. The fourth-order valence-electron chi connectivity index (χ4n) is 1.74. The van der Waals surface area contributed by atoms with Crippen LogP contribution in [0.2, 0.25) is 5.28 Å². The minimum Gasteiger partial charge on any atom is -0.338 e. The van der Waals surface area contributed by atoms with Gasteiger partial charge in [0, 0.05) is 12.2 Å². The molecule has 0 amide bonds. The lowest BCUT2D eigenvalue weighted by molar-refractivity contribution is 0.619. The molecule has 0 aliphatic carbocycles. The molecular formula is C11H9ClFN5. The maximum Gasteiger partial charge on any atom is 0.224 e. The van der Waals surface area contributed by atoms with E-state index in [1.54, 1.807) is 0 Å². The van der Waals surface area contributed by atoms with Crippen molar-refractivity contribution in [1.82, 2.24) is 15.4 Å². The molecule has 7 heteroatoms. The Kier molecular flexibility index (Phi) is 2.73. The molecule has 1 aromatic heterocycles. The third-order valence-electron chi connectivity index (χ3n) is 2.58. The Balaban J connectivity index is 1.90. The Hall–Kier alpha value is -1.92. The number of anilines is 3. The van der Waals surface area contributed by atoms with E-state index in [0.717, 1.165) is 29.7 Å². The second-order valence-corrected chi connectivity index (χ2v) is 4.15. The quantitative estimate of drug-likeness (QED) is 0.728. The van der Waals surface area contributed by atoms with E-state index >= 15 is 0 Å². The zero-order valence-corrected chi connectivity index (χ0v) is 9.92. The first-order valence-electron chi connectivity index (χ1n) is 5.29. The molecular weight excluding hydrogens is 257 g/mol. The maximum absolute atomic E-state index is 13.5. The van der Waals surface area contributed by atoms with Crippen molar-refractivity contribution in [2.24, 2.45) is 0 Å². The molecule has 0 radical (unpaired) electrons. The van der Waals surface area contributed by atoms with Crippen molar-refractivity contribution < 1.29 is 4.39 Å². The highest BCUT2D eigenvalue weighted by Gasteiger charge is 2.11. The molecule has 0 fully saturated rings. The molecule has 5 nitrogen and oxygen atoms in total. The topological polar surface area (TPSA) is 61.9 Å². The molecule has 1 aromatic carbocycles. The van der Waals surface area contributed by atoms with Crippen LogP contribution in [0.5, 0.6) is 0 Å². The summed E-state index contributed by atoms with van der Waals surface area (Å²) in [7, 11) is 0. The first-order valence-corrected chi connectivity index (χ1v) is 5.67. The van der Waals surface area contributed by atoms with Crippen LogP contribution in [0.25, 0.3) is 0 Å². The molecule has 3 N–H and O–H groups in total. The van der Waals surface area contributed by atoms with Crippen molar-refractivity contribution in [2.45, 2.75) is 6.54 Å². The molecule has 0 saturated carbocycles. The second kappa shape index (κ2) is 4.40. The zero-order chi connectivity index (χ0) is 12.5. The van der Waals surface area contributed by atoms with Crippen molar-refractivity contribution in [2.75, 3.05) is 10.7 Å². The summed E-state index contributed by atoms with van der Waals surface area (Å²) in [5, 5.41) is 2.88. The third kappa shape index (κ3) is 2.07. The van der Waals surface area contributed by atoms with Crippen LogP contribution in [-0.4, -0.2) is 9.97 Å². The molecule has 92 valence electrons. The van der Waals surface area contributed by atoms with Gasteiger partial charge in [-0.25, -0.2) is 14.8 Å². The van der Waals surface area contributed by atoms with Gasteiger partial charge in [0.05, 0.1) is 11.9 Å². The van der Waals surface area contributed by atoms with Gasteiger partial charge < -0.3 is 10.7 Å². The van der Waals surface area contributed by atoms with E-state index in [4.69, 9.17) is 11.6 Å². The van der Waals surface area contributed by atoms with E-state index in [-0.39, 0.29) is 11.1 Å². The number of hydrogen-bond acceptors (Lipinski definition) is 5. The summed E-state index contributed by atoms with van der Waals surface area (Å²) in [4.78, 5) is 7.36. The molecule has 0 atom stereocenters. The van der Waals surface area contributed by atoms with Gasteiger partial charge in [0.25, 0.3) is 0 Å². The van der Waals surface area contributed by atoms with Crippen LogP contribution in [0.3, 0.4) is 0 Å². The standard InChI is InChI=1S/C11H9ClFN5/c12-11-14-5-8(13)10(17-11)16-7-1-2-9-6(3-7)4-15-18-9/h1-3,5,15,18H,4H2,(H,14,16,17). The van der Waals surface area contributed by atoms with Gasteiger partial charge in [0.1, 0.15) is 0 Å². The molecule has 0 bridgehead atoms. The number of halogens is 2. The largest absolute Gasteiger partial charge is 0.338 e. The number of nitrogens with zero attached hydrogens (tertiary/aromatic N) is 2. The van der Waals surface area contributed by atoms with E-state index in [1.807, 2.05) is 18.2 Å². The minimum absolute atomic E-state index is 0.00314. The number of benzene rings is 1. The van der Waals surface area contributed by atoms with Gasteiger partial charge in [-0.05, 0) is 35.4 Å². The number of fused-ring (bicyclic) bond motifs is 1. The van der Waals surface area contributed by atoms with Crippen LogP contribution < -0.4 is 16.2 Å². The Bertz CT molecular complexity index is 604. The monoisotopic (exact) mass is 265 g/mol. The molecule has 0 spiro atoms. The van der Waals surface area contributed by atoms with Crippen LogP contribution in [0.1, 0.15) is 5.56 Å². The zero-order valence-electron chi connectivity index (χ0n) is 9.17. The smallest absolute Gasteiger partial charge is 0.224 e. The minimum atomic E-state index is -0.545. The van der Waals surface area contributed by atoms with Crippen LogP contribution >= 0.6 is 11.6 Å². The van der Waals surface area contributed by atoms with Gasteiger partial charge in [-0.15, -0.1) is 0 Å². The summed E-state index contributed by atoms with van der Waals surface area (Å²) in [6.07, 6.45) is 1.04. The summed E-state index contributed by atoms with van der Waals surface area (Å²) < 4.78 is 13.5. The van der Waals surface area contributed by atoms with Gasteiger partial charge in [-0.2, -0.15) is 4.98 Å². The first kappa shape index (κ1) is 11.2. The molecule has 18 heavy (non-hydrogen) atoms. The molecule has 0 saturated heterocycles. The summed E-state index contributed by atoms with van der Waals surface area (Å²) in [6.45, 7) is 0.720. The van der Waals surface area contributed by atoms with Crippen LogP contribution in [0.15, 0.2) is 24.4 Å². The Morgan fingerprint density at radius 3 is 3.17 bits per heavy atom. The first-order chi connectivity index (χ1) is 8.72. The Labute approximate surface area is 107 Å². The predicted octanol–water partition coefficient (Wildman–Crippen LogP) is 2.44. The summed E-state index contributed by atoms with van der Waals surface area (Å²) in [5.41, 5.74) is 8.87. The number of nitrogens with one attached hydrogen (secondary N) is 3. The van der Waals surface area contributed by atoms with Crippen molar-refractivity contribution in [1.29, 1.82) is 0 Å². The van der Waals surface area contributed by atoms with E-state index in [1.165, 1.54) is 0 Å². The molecule has 1 aliphatic heterocycles. The molecule has 2 aromatic rings. The van der Waals surface area contributed by atoms with Crippen molar-refractivity contribution in [3.05, 3.63) is 41.1 Å². The van der Waals surface area contributed by atoms with Crippen LogP contribution in [0, 0.1) is 5.82 Å². The number of aromatic nitrogens is 2. The van der Waals surface area contributed by atoms with E-state index in [0.29, 0.717) is 0 Å². The fraction of sp³-hybridized carbons (Fsp3) is 0.0909. The van der Waals surface area contributed by atoms with Gasteiger partial charge in [0.2, 0.25) is 5.28 Å². The molecule has 1 aliphatic rings. The maximum atomic E-state index is 13.5. The molecule has 2 heterocycles. The Morgan fingerprint density at radius 2 is 2.28 bits per heavy atom. The number of hydrogen-bond donors (Lipinski definition) is 3. The van der Waals surface area contributed by atoms with Gasteiger partial charge in [0.15, 0.2) is 11.6 Å². The highest BCUT2D eigenvalue weighted by molar-refractivity contribution is 6.28. The van der Waals surface area contributed by atoms with Crippen molar-refractivity contribution in [3.63, 3.8) is 0 Å². The highest BCUT2D eigenvalue weighted by atomic mass is 35.5. The lowest BCUT2D eigenvalue weighted by Gasteiger charge is -2.07. The van der Waals surface area contributed by atoms with Crippen LogP contribution in [0.4, 0.5) is 21.6 Å². The van der Waals surface area contributed by atoms with Crippen molar-refractivity contribution in [3.8, 4) is 0 Å². The lowest BCUT2D eigenvalue weighted by atomic mass is 10.2. The number of hydrazine groups is 1. The van der Waals surface area contributed by atoms with Gasteiger partial charge in [-0.1, -0.05) is 0 Å². The Morgan fingerprint density at radius 1 is 1.39 bits per heavy atom. The average Bonchev–Trinajstić information content (AvgIpc) is 2.81. The van der Waals surface area contributed by atoms with E-state index in [9.17, 15) is 4.39 Å². The molecule has 3 rings (SSSR count).